The predicted octanol–water partition coefficient (Wildman–Crippen LogP) is 3.90. The Morgan fingerprint density at radius 3 is 2.21 bits per heavy atom. The van der Waals surface area contributed by atoms with E-state index in [4.69, 9.17) is 14.4 Å². The Bertz CT molecular complexity index is 612. The minimum absolute atomic E-state index is 0.228. The molecule has 0 bridgehead atoms. The molecule has 0 aromatic heterocycles. The highest BCUT2D eigenvalue weighted by molar-refractivity contribution is 6.48. The van der Waals surface area contributed by atoms with Crippen molar-refractivity contribution < 1.29 is 32.4 Å². The van der Waals surface area contributed by atoms with Crippen LogP contribution in [-0.2, 0) is 20.3 Å². The maximum absolute atomic E-state index is 12.9. The average molecular weight is 344 g/mol. The predicted molar refractivity (Wildman–Crippen MR) is 82.5 cm³/mol. The molecular weight excluding hydrogens is 324 g/mol. The highest BCUT2D eigenvalue weighted by Gasteiger charge is 2.54. The van der Waals surface area contributed by atoms with Crippen molar-refractivity contribution in [2.45, 2.75) is 57.3 Å². The van der Waals surface area contributed by atoms with E-state index in [1.54, 1.807) is 27.7 Å². The molecule has 132 valence electrons. The average Bonchev–Trinajstić information content (AvgIpc) is 2.63. The van der Waals surface area contributed by atoms with Crippen LogP contribution >= 0.6 is 0 Å². The Balaban J connectivity index is 2.39. The van der Waals surface area contributed by atoms with Gasteiger partial charge in [0.2, 0.25) is 0 Å². The van der Waals surface area contributed by atoms with E-state index in [-0.39, 0.29) is 5.56 Å². The van der Waals surface area contributed by atoms with Crippen molar-refractivity contribution in [3.05, 3.63) is 35.4 Å². The molecule has 1 N–H and O–H groups in total. The van der Waals surface area contributed by atoms with Crippen molar-refractivity contribution in [2.24, 2.45) is 0 Å². The summed E-state index contributed by atoms with van der Waals surface area (Å²) >= 11 is 0. The zero-order chi connectivity index (χ0) is 18.3. The van der Waals surface area contributed by atoms with Gasteiger partial charge in [0.15, 0.2) is 0 Å². The van der Waals surface area contributed by atoms with Gasteiger partial charge >= 0.3 is 19.3 Å². The smallest absolute Gasteiger partial charge is 0.466 e. The Morgan fingerprint density at radius 2 is 1.75 bits per heavy atom. The van der Waals surface area contributed by atoms with Crippen LogP contribution in [0.25, 0.3) is 0 Å². The van der Waals surface area contributed by atoms with Crippen LogP contribution < -0.4 is 0 Å². The SMILES string of the molecule is CC1(C)OB(C(CC(=O)O)c2cccc(C(F)(F)F)c2)OC1(C)C. The van der Waals surface area contributed by atoms with E-state index in [1.165, 1.54) is 12.1 Å². The van der Waals surface area contributed by atoms with Crippen LogP contribution in [-0.4, -0.2) is 29.4 Å². The summed E-state index contributed by atoms with van der Waals surface area (Å²) in [4.78, 5) is 11.2. The van der Waals surface area contributed by atoms with Gasteiger partial charge in [-0.3, -0.25) is 4.79 Å². The van der Waals surface area contributed by atoms with Gasteiger partial charge in [-0.15, -0.1) is 0 Å². The van der Waals surface area contributed by atoms with Gasteiger partial charge in [0, 0.05) is 5.82 Å². The number of carboxylic acid groups (broad SMARTS) is 1. The third-order valence-electron chi connectivity index (χ3n) is 4.64. The fraction of sp³-hybridized carbons (Fsp3) is 0.562. The van der Waals surface area contributed by atoms with Crippen LogP contribution in [0.5, 0.6) is 0 Å². The van der Waals surface area contributed by atoms with Gasteiger partial charge in [-0.1, -0.05) is 18.2 Å². The second kappa shape index (κ2) is 6.08. The van der Waals surface area contributed by atoms with Crippen molar-refractivity contribution in [2.75, 3.05) is 0 Å². The number of halogens is 3. The Hall–Kier alpha value is -1.54. The van der Waals surface area contributed by atoms with Crippen LogP contribution in [0.1, 0.15) is 51.1 Å². The standard InChI is InChI=1S/C16H20BF3O4/c1-14(2)15(3,4)24-17(23-14)12(9-13(21)22)10-6-5-7-11(8-10)16(18,19)20/h5-8,12H,9H2,1-4H3,(H,21,22). The largest absolute Gasteiger partial charge is 0.481 e. The van der Waals surface area contributed by atoms with E-state index >= 15 is 0 Å². The van der Waals surface area contributed by atoms with Crippen LogP contribution in [0.2, 0.25) is 0 Å². The van der Waals surface area contributed by atoms with Gasteiger partial charge in [0.25, 0.3) is 0 Å². The summed E-state index contributed by atoms with van der Waals surface area (Å²) in [5, 5.41) is 9.16. The van der Waals surface area contributed by atoms with E-state index in [9.17, 15) is 18.0 Å². The number of hydrogen-bond donors (Lipinski definition) is 1. The van der Waals surface area contributed by atoms with E-state index in [1.807, 2.05) is 0 Å². The summed E-state index contributed by atoms with van der Waals surface area (Å²) in [7, 11) is -0.936. The zero-order valence-electron chi connectivity index (χ0n) is 14.0. The summed E-state index contributed by atoms with van der Waals surface area (Å²) in [5.41, 5.74) is -2.00. The summed E-state index contributed by atoms with van der Waals surface area (Å²) < 4.78 is 50.5. The van der Waals surface area contributed by atoms with Gasteiger partial charge in [0.05, 0.1) is 23.2 Å². The number of aliphatic carboxylic acids is 1. The summed E-state index contributed by atoms with van der Waals surface area (Å²) in [5.74, 6) is -1.97. The lowest BCUT2D eigenvalue weighted by Gasteiger charge is -2.32. The Labute approximate surface area is 139 Å². The van der Waals surface area contributed by atoms with Crippen molar-refractivity contribution in [1.29, 1.82) is 0 Å². The molecule has 1 aliphatic rings. The van der Waals surface area contributed by atoms with Crippen LogP contribution in [0.15, 0.2) is 24.3 Å². The molecule has 1 aromatic rings. The second-order valence-corrected chi connectivity index (χ2v) is 6.95. The fourth-order valence-corrected chi connectivity index (χ4v) is 2.56. The molecule has 24 heavy (non-hydrogen) atoms. The molecule has 1 saturated heterocycles. The molecule has 1 unspecified atom stereocenters. The molecule has 0 aliphatic carbocycles. The Morgan fingerprint density at radius 1 is 1.21 bits per heavy atom. The van der Waals surface area contributed by atoms with E-state index in [0.29, 0.717) is 0 Å². The summed E-state index contributed by atoms with van der Waals surface area (Å²) in [6.07, 6.45) is -4.89. The lowest BCUT2D eigenvalue weighted by atomic mass is 9.66. The lowest BCUT2D eigenvalue weighted by molar-refractivity contribution is -0.137. The molecule has 1 atom stereocenters. The number of benzene rings is 1. The first kappa shape index (κ1) is 18.8. The van der Waals surface area contributed by atoms with Crippen LogP contribution in [0.3, 0.4) is 0 Å². The molecule has 1 heterocycles. The molecule has 1 aromatic carbocycles. The van der Waals surface area contributed by atoms with Crippen molar-refractivity contribution in [3.63, 3.8) is 0 Å². The Kier molecular flexibility index (Phi) is 4.76. The van der Waals surface area contributed by atoms with Crippen LogP contribution in [0.4, 0.5) is 13.2 Å². The van der Waals surface area contributed by atoms with E-state index in [0.717, 1.165) is 12.1 Å². The first-order valence-electron chi connectivity index (χ1n) is 7.58. The third kappa shape index (κ3) is 3.75. The monoisotopic (exact) mass is 344 g/mol. The van der Waals surface area contributed by atoms with Gasteiger partial charge in [-0.05, 0) is 39.3 Å². The molecule has 0 spiro atoms. The van der Waals surface area contributed by atoms with Crippen molar-refractivity contribution in [1.82, 2.24) is 0 Å². The van der Waals surface area contributed by atoms with Gasteiger partial charge in [-0.2, -0.15) is 13.2 Å². The molecule has 0 radical (unpaired) electrons. The normalized spacial score (nSPS) is 20.9. The summed E-state index contributed by atoms with van der Waals surface area (Å²) in [6.45, 7) is 7.21. The maximum Gasteiger partial charge on any atom is 0.466 e. The molecule has 1 aliphatic heterocycles. The molecular formula is C16H20BF3O4. The van der Waals surface area contributed by atoms with Gasteiger partial charge in [0.1, 0.15) is 0 Å². The van der Waals surface area contributed by atoms with Gasteiger partial charge < -0.3 is 14.4 Å². The van der Waals surface area contributed by atoms with Crippen molar-refractivity contribution in [3.8, 4) is 0 Å². The molecule has 0 saturated carbocycles. The lowest BCUT2D eigenvalue weighted by Crippen LogP contribution is -2.41. The topological polar surface area (TPSA) is 55.8 Å². The summed E-state index contributed by atoms with van der Waals surface area (Å²) in [6, 6.07) is 4.64. The molecule has 1 fully saturated rings. The molecule has 8 heteroatoms. The van der Waals surface area contributed by atoms with Gasteiger partial charge in [-0.25, -0.2) is 0 Å². The molecule has 2 rings (SSSR count). The van der Waals surface area contributed by atoms with E-state index in [2.05, 4.69) is 0 Å². The first-order valence-corrected chi connectivity index (χ1v) is 7.58. The quantitative estimate of drug-likeness (QED) is 0.842. The maximum atomic E-state index is 12.9. The van der Waals surface area contributed by atoms with Crippen LogP contribution in [0, 0.1) is 0 Å². The number of carboxylic acids is 1. The highest BCUT2D eigenvalue weighted by Crippen LogP contribution is 2.42. The zero-order valence-corrected chi connectivity index (χ0v) is 14.0. The fourth-order valence-electron chi connectivity index (χ4n) is 2.56. The molecule has 0 amide bonds. The number of rotatable bonds is 4. The number of alkyl halides is 3. The number of carbonyl (C=O) groups is 1. The van der Waals surface area contributed by atoms with E-state index < -0.39 is 48.3 Å². The first-order chi connectivity index (χ1) is 10.8. The third-order valence-corrected chi connectivity index (χ3v) is 4.64. The van der Waals surface area contributed by atoms with Crippen molar-refractivity contribution >= 4 is 13.1 Å². The minimum Gasteiger partial charge on any atom is -0.481 e. The molecule has 4 nitrogen and oxygen atoms in total. The highest BCUT2D eigenvalue weighted by atomic mass is 19.4. The minimum atomic E-state index is -4.50. The number of hydrogen-bond acceptors (Lipinski definition) is 3. The second-order valence-electron chi connectivity index (χ2n) is 6.95.